The molecule has 1 aliphatic rings. The van der Waals surface area contributed by atoms with Gasteiger partial charge in [-0.1, -0.05) is 6.92 Å². The zero-order valence-electron chi connectivity index (χ0n) is 13.1. The van der Waals surface area contributed by atoms with Crippen LogP contribution in [0.5, 0.6) is 0 Å². The van der Waals surface area contributed by atoms with Gasteiger partial charge in [0.1, 0.15) is 0 Å². The molecular weight excluding hydrogens is 268 g/mol. The van der Waals surface area contributed by atoms with E-state index in [-0.39, 0.29) is 0 Å². The van der Waals surface area contributed by atoms with E-state index in [1.54, 1.807) is 0 Å². The Hall–Kier alpha value is -0.450. The second kappa shape index (κ2) is 8.11. The second-order valence-electron chi connectivity index (χ2n) is 5.82. The molecule has 2 heterocycles. The first-order valence-corrected chi connectivity index (χ1v) is 8.78. The Morgan fingerprint density at radius 2 is 2.30 bits per heavy atom. The molecule has 1 aromatic heterocycles. The molecule has 0 spiro atoms. The zero-order valence-corrected chi connectivity index (χ0v) is 13.9. The van der Waals surface area contributed by atoms with Gasteiger partial charge in [-0.25, -0.2) is 4.98 Å². The Bertz CT molecular complexity index is 380. The van der Waals surface area contributed by atoms with Crippen LogP contribution in [-0.2, 0) is 11.2 Å². The summed E-state index contributed by atoms with van der Waals surface area (Å²) in [5.41, 5.74) is 1.19. The molecule has 2 unspecified atom stereocenters. The van der Waals surface area contributed by atoms with Gasteiger partial charge in [0.15, 0.2) is 0 Å². The largest absolute Gasteiger partial charge is 0.378 e. The molecule has 0 aliphatic carbocycles. The summed E-state index contributed by atoms with van der Waals surface area (Å²) in [6.45, 7) is 8.55. The summed E-state index contributed by atoms with van der Waals surface area (Å²) >= 11 is 1.85. The molecule has 20 heavy (non-hydrogen) atoms. The minimum absolute atomic E-state index is 0.501. The summed E-state index contributed by atoms with van der Waals surface area (Å²) in [6, 6.07) is 0.545. The fourth-order valence-electron chi connectivity index (χ4n) is 2.72. The molecule has 4 heteroatoms. The van der Waals surface area contributed by atoms with Gasteiger partial charge < -0.3 is 10.1 Å². The van der Waals surface area contributed by atoms with Crippen LogP contribution in [0.3, 0.4) is 0 Å². The van der Waals surface area contributed by atoms with Crippen molar-refractivity contribution >= 4 is 11.3 Å². The lowest BCUT2D eigenvalue weighted by Gasteiger charge is -2.19. The van der Waals surface area contributed by atoms with Crippen molar-refractivity contribution in [2.75, 3.05) is 13.2 Å². The Morgan fingerprint density at radius 1 is 1.45 bits per heavy atom. The van der Waals surface area contributed by atoms with Crippen molar-refractivity contribution in [3.63, 3.8) is 0 Å². The van der Waals surface area contributed by atoms with Gasteiger partial charge in [0.05, 0.1) is 16.8 Å². The first-order chi connectivity index (χ1) is 9.69. The highest BCUT2D eigenvalue weighted by atomic mass is 32.1. The van der Waals surface area contributed by atoms with Crippen LogP contribution < -0.4 is 5.32 Å². The van der Waals surface area contributed by atoms with E-state index < -0.39 is 0 Å². The predicted molar refractivity (Wildman–Crippen MR) is 85.6 cm³/mol. The van der Waals surface area contributed by atoms with Crippen molar-refractivity contribution in [3.05, 3.63) is 15.6 Å². The maximum atomic E-state index is 5.74. The molecule has 3 nitrogen and oxygen atoms in total. The molecule has 0 aromatic carbocycles. The van der Waals surface area contributed by atoms with Crippen LogP contribution in [-0.4, -0.2) is 30.3 Å². The van der Waals surface area contributed by atoms with Crippen LogP contribution in [0.4, 0.5) is 0 Å². The van der Waals surface area contributed by atoms with Crippen LogP contribution >= 0.6 is 11.3 Å². The summed E-state index contributed by atoms with van der Waals surface area (Å²) in [6.07, 6.45) is 7.62. The second-order valence-corrected chi connectivity index (χ2v) is 7.10. The van der Waals surface area contributed by atoms with E-state index in [1.807, 2.05) is 11.3 Å². The molecular formula is C16H28N2OS. The van der Waals surface area contributed by atoms with Crippen molar-refractivity contribution in [3.8, 4) is 0 Å². The van der Waals surface area contributed by atoms with Gasteiger partial charge >= 0.3 is 0 Å². The van der Waals surface area contributed by atoms with Crippen LogP contribution in [0, 0.1) is 13.8 Å². The van der Waals surface area contributed by atoms with Crippen molar-refractivity contribution < 1.29 is 4.74 Å². The molecule has 1 aromatic rings. The number of thiazole rings is 1. The SMILES string of the molecule is CCCNC(CCC1CCCO1)Cc1nc(C)c(C)s1. The molecule has 2 rings (SSSR count). The molecule has 1 saturated heterocycles. The normalized spacial score (nSPS) is 20.4. The highest BCUT2D eigenvalue weighted by Crippen LogP contribution is 2.21. The molecule has 0 amide bonds. The number of nitrogens with zero attached hydrogens (tertiary/aromatic N) is 1. The third-order valence-electron chi connectivity index (χ3n) is 4.04. The summed E-state index contributed by atoms with van der Waals surface area (Å²) in [7, 11) is 0. The third-order valence-corrected chi connectivity index (χ3v) is 5.13. The maximum absolute atomic E-state index is 5.74. The maximum Gasteiger partial charge on any atom is 0.0946 e. The lowest BCUT2D eigenvalue weighted by atomic mass is 10.0. The van der Waals surface area contributed by atoms with Crippen molar-refractivity contribution in [1.29, 1.82) is 0 Å². The van der Waals surface area contributed by atoms with Crippen molar-refractivity contribution in [2.24, 2.45) is 0 Å². The summed E-state index contributed by atoms with van der Waals surface area (Å²) in [5, 5.41) is 4.96. The van der Waals surface area contributed by atoms with Crippen LogP contribution in [0.15, 0.2) is 0 Å². The number of hydrogen-bond acceptors (Lipinski definition) is 4. The van der Waals surface area contributed by atoms with Gasteiger partial charge in [0, 0.05) is 23.9 Å². The first kappa shape index (κ1) is 15.9. The average molecular weight is 296 g/mol. The molecule has 2 atom stereocenters. The third kappa shape index (κ3) is 4.83. The molecule has 1 N–H and O–H groups in total. The smallest absolute Gasteiger partial charge is 0.0946 e. The molecule has 0 radical (unpaired) electrons. The van der Waals surface area contributed by atoms with Gasteiger partial charge in [0.2, 0.25) is 0 Å². The number of ether oxygens (including phenoxy) is 1. The Balaban J connectivity index is 1.84. The van der Waals surface area contributed by atoms with Crippen molar-refractivity contribution in [1.82, 2.24) is 10.3 Å². The lowest BCUT2D eigenvalue weighted by molar-refractivity contribution is 0.0995. The number of aromatic nitrogens is 1. The van der Waals surface area contributed by atoms with Crippen molar-refractivity contribution in [2.45, 2.75) is 71.4 Å². The number of nitrogens with one attached hydrogen (secondary N) is 1. The monoisotopic (exact) mass is 296 g/mol. The lowest BCUT2D eigenvalue weighted by Crippen LogP contribution is -2.32. The molecule has 0 bridgehead atoms. The van der Waals surface area contributed by atoms with E-state index in [0.717, 1.165) is 19.6 Å². The summed E-state index contributed by atoms with van der Waals surface area (Å²) in [4.78, 5) is 6.04. The number of hydrogen-bond donors (Lipinski definition) is 1. The highest BCUT2D eigenvalue weighted by Gasteiger charge is 2.19. The van der Waals surface area contributed by atoms with E-state index >= 15 is 0 Å². The molecule has 114 valence electrons. The van der Waals surface area contributed by atoms with E-state index in [0.29, 0.717) is 12.1 Å². The van der Waals surface area contributed by atoms with Gasteiger partial charge in [0.25, 0.3) is 0 Å². The predicted octanol–water partition coefficient (Wildman–Crippen LogP) is 3.63. The fourth-order valence-corrected chi connectivity index (χ4v) is 3.73. The molecule has 1 aliphatic heterocycles. The van der Waals surface area contributed by atoms with E-state index in [1.165, 1.54) is 47.7 Å². The van der Waals surface area contributed by atoms with E-state index in [4.69, 9.17) is 4.74 Å². The first-order valence-electron chi connectivity index (χ1n) is 7.97. The number of aryl methyl sites for hydroxylation is 2. The standard InChI is InChI=1S/C16H28N2OS/c1-4-9-17-14(7-8-15-6-5-10-19-15)11-16-18-12(2)13(3)20-16/h14-15,17H,4-11H2,1-3H3. The Labute approximate surface area is 127 Å². The number of rotatable bonds is 8. The van der Waals surface area contributed by atoms with Crippen LogP contribution in [0.2, 0.25) is 0 Å². The van der Waals surface area contributed by atoms with Gasteiger partial charge in [-0.05, 0) is 52.5 Å². The molecule has 1 fully saturated rings. The Kier molecular flexibility index (Phi) is 6.46. The minimum Gasteiger partial charge on any atom is -0.378 e. The zero-order chi connectivity index (χ0) is 14.4. The van der Waals surface area contributed by atoms with Gasteiger partial charge in [-0.3, -0.25) is 0 Å². The van der Waals surface area contributed by atoms with Gasteiger partial charge in [-0.2, -0.15) is 0 Å². The van der Waals surface area contributed by atoms with Gasteiger partial charge in [-0.15, -0.1) is 11.3 Å². The van der Waals surface area contributed by atoms with Crippen LogP contribution in [0.1, 0.15) is 54.6 Å². The topological polar surface area (TPSA) is 34.1 Å². The Morgan fingerprint density at radius 3 is 2.90 bits per heavy atom. The summed E-state index contributed by atoms with van der Waals surface area (Å²) in [5.74, 6) is 0. The highest BCUT2D eigenvalue weighted by molar-refractivity contribution is 7.11. The average Bonchev–Trinajstić information content (AvgIpc) is 3.04. The van der Waals surface area contributed by atoms with E-state index in [9.17, 15) is 0 Å². The molecule has 0 saturated carbocycles. The minimum atomic E-state index is 0.501. The quantitative estimate of drug-likeness (QED) is 0.795. The van der Waals surface area contributed by atoms with Crippen LogP contribution in [0.25, 0.3) is 0 Å². The van der Waals surface area contributed by atoms with E-state index in [2.05, 4.69) is 31.1 Å². The fraction of sp³-hybridized carbons (Fsp3) is 0.812. The summed E-state index contributed by atoms with van der Waals surface area (Å²) < 4.78 is 5.74.